The normalized spacial score (nSPS) is 14.6. The molecule has 0 aliphatic carbocycles. The zero-order valence-electron chi connectivity index (χ0n) is 20.0. The summed E-state index contributed by atoms with van der Waals surface area (Å²) in [6.07, 6.45) is 1.36. The Morgan fingerprint density at radius 2 is 1.64 bits per heavy atom. The maximum absolute atomic E-state index is 13.1. The van der Waals surface area contributed by atoms with Crippen molar-refractivity contribution < 1.29 is 28.7 Å². The van der Waals surface area contributed by atoms with Crippen LogP contribution in [0.1, 0.15) is 34.0 Å². The average molecular weight is 485 g/mol. The fourth-order valence-corrected chi connectivity index (χ4v) is 3.72. The van der Waals surface area contributed by atoms with Crippen molar-refractivity contribution in [2.45, 2.75) is 20.8 Å². The molecule has 0 atom stereocenters. The Kier molecular flexibility index (Phi) is 6.96. The molecule has 0 aromatic heterocycles. The van der Waals surface area contributed by atoms with Gasteiger partial charge >= 0.3 is 12.0 Å². The van der Waals surface area contributed by atoms with E-state index in [9.17, 15) is 19.2 Å². The van der Waals surface area contributed by atoms with Crippen LogP contribution in [0.5, 0.6) is 11.5 Å². The number of barbiturate groups is 1. The number of benzene rings is 3. The van der Waals surface area contributed by atoms with Crippen molar-refractivity contribution in [2.24, 2.45) is 0 Å². The predicted molar refractivity (Wildman–Crippen MR) is 134 cm³/mol. The highest BCUT2D eigenvalue weighted by Gasteiger charge is 2.36. The van der Waals surface area contributed by atoms with Crippen LogP contribution in [0, 0.1) is 13.8 Å². The summed E-state index contributed by atoms with van der Waals surface area (Å²) in [6, 6.07) is 17.7. The van der Waals surface area contributed by atoms with Gasteiger partial charge < -0.3 is 9.47 Å². The van der Waals surface area contributed by atoms with Crippen LogP contribution in [0.2, 0.25) is 0 Å². The molecule has 1 fully saturated rings. The molecule has 4 amide bonds. The van der Waals surface area contributed by atoms with E-state index >= 15 is 0 Å². The highest BCUT2D eigenvalue weighted by atomic mass is 16.6. The molecule has 1 aliphatic rings. The largest absolute Gasteiger partial charge is 0.490 e. The van der Waals surface area contributed by atoms with Crippen molar-refractivity contribution >= 4 is 35.6 Å². The number of amides is 4. The molecule has 3 aromatic rings. The smallest absolute Gasteiger partial charge is 0.343 e. The highest BCUT2D eigenvalue weighted by molar-refractivity contribution is 6.39. The third kappa shape index (κ3) is 5.17. The van der Waals surface area contributed by atoms with Crippen molar-refractivity contribution in [1.82, 2.24) is 5.32 Å². The molecule has 1 N–H and O–H groups in total. The lowest BCUT2D eigenvalue weighted by Crippen LogP contribution is -2.54. The minimum Gasteiger partial charge on any atom is -0.490 e. The van der Waals surface area contributed by atoms with Crippen LogP contribution in [0.4, 0.5) is 10.5 Å². The Morgan fingerprint density at radius 3 is 2.33 bits per heavy atom. The number of carbonyl (C=O) groups is 4. The highest BCUT2D eigenvalue weighted by Crippen LogP contribution is 2.31. The standard InChI is InChI=1S/C28H24N2O6/c1-4-35-24-16-19(11-12-23(24)36-27(33)20-9-5-7-17(2)13-20)15-22-25(31)29-28(34)30(26(22)32)21-10-6-8-18(3)14-21/h5-16H,4H2,1-3H3,(H,29,31,34)/b22-15+. The molecule has 4 rings (SSSR count). The van der Waals surface area contributed by atoms with Gasteiger partial charge in [-0.05, 0) is 74.4 Å². The number of nitrogens with zero attached hydrogens (tertiary/aromatic N) is 1. The summed E-state index contributed by atoms with van der Waals surface area (Å²) < 4.78 is 11.2. The van der Waals surface area contributed by atoms with Gasteiger partial charge in [0.2, 0.25) is 0 Å². The minimum absolute atomic E-state index is 0.196. The average Bonchev–Trinajstić information content (AvgIpc) is 2.83. The van der Waals surface area contributed by atoms with Gasteiger partial charge in [-0.25, -0.2) is 14.5 Å². The number of nitrogens with one attached hydrogen (secondary N) is 1. The first-order valence-electron chi connectivity index (χ1n) is 11.3. The van der Waals surface area contributed by atoms with Crippen LogP contribution >= 0.6 is 0 Å². The van der Waals surface area contributed by atoms with E-state index in [1.165, 1.54) is 12.1 Å². The monoisotopic (exact) mass is 484 g/mol. The van der Waals surface area contributed by atoms with E-state index in [1.54, 1.807) is 55.5 Å². The molecule has 36 heavy (non-hydrogen) atoms. The molecule has 0 unspecified atom stereocenters. The van der Waals surface area contributed by atoms with Gasteiger partial charge in [-0.3, -0.25) is 14.9 Å². The second-order valence-corrected chi connectivity index (χ2v) is 8.20. The molecule has 3 aromatic carbocycles. The molecule has 1 aliphatic heterocycles. The van der Waals surface area contributed by atoms with Crippen molar-refractivity contribution in [1.29, 1.82) is 0 Å². The van der Waals surface area contributed by atoms with E-state index in [0.717, 1.165) is 16.0 Å². The van der Waals surface area contributed by atoms with Crippen LogP contribution in [0.15, 0.2) is 72.3 Å². The fourth-order valence-electron chi connectivity index (χ4n) is 3.72. The molecule has 0 saturated carbocycles. The van der Waals surface area contributed by atoms with Crippen molar-refractivity contribution in [3.05, 3.63) is 94.6 Å². The van der Waals surface area contributed by atoms with E-state index in [-0.39, 0.29) is 17.1 Å². The maximum Gasteiger partial charge on any atom is 0.343 e. The first-order chi connectivity index (χ1) is 17.3. The zero-order chi connectivity index (χ0) is 25.8. The molecule has 8 nitrogen and oxygen atoms in total. The maximum atomic E-state index is 13.1. The lowest BCUT2D eigenvalue weighted by Gasteiger charge is -2.26. The molecule has 8 heteroatoms. The van der Waals surface area contributed by atoms with Crippen LogP contribution in [-0.4, -0.2) is 30.4 Å². The van der Waals surface area contributed by atoms with Gasteiger partial charge in [-0.15, -0.1) is 0 Å². The molecule has 182 valence electrons. The summed E-state index contributed by atoms with van der Waals surface area (Å²) in [5.41, 5.74) is 2.75. The van der Waals surface area contributed by atoms with E-state index in [0.29, 0.717) is 23.4 Å². The number of hydrogen-bond acceptors (Lipinski definition) is 6. The number of urea groups is 1. The van der Waals surface area contributed by atoms with Gasteiger partial charge in [-0.2, -0.15) is 0 Å². The number of rotatable bonds is 6. The summed E-state index contributed by atoms with van der Waals surface area (Å²) in [5.74, 6) is -1.63. The number of ether oxygens (including phenoxy) is 2. The third-order valence-electron chi connectivity index (χ3n) is 5.40. The van der Waals surface area contributed by atoms with Crippen molar-refractivity contribution in [2.75, 3.05) is 11.5 Å². The van der Waals surface area contributed by atoms with Crippen LogP contribution < -0.4 is 19.7 Å². The van der Waals surface area contributed by atoms with Crippen molar-refractivity contribution in [3.8, 4) is 11.5 Å². The Morgan fingerprint density at radius 1 is 0.917 bits per heavy atom. The summed E-state index contributed by atoms with van der Waals surface area (Å²) in [5, 5.41) is 2.21. The molecule has 0 bridgehead atoms. The first-order valence-corrected chi connectivity index (χ1v) is 11.3. The van der Waals surface area contributed by atoms with Crippen LogP contribution in [0.3, 0.4) is 0 Å². The van der Waals surface area contributed by atoms with E-state index < -0.39 is 23.8 Å². The van der Waals surface area contributed by atoms with E-state index in [4.69, 9.17) is 9.47 Å². The topological polar surface area (TPSA) is 102 Å². The number of esters is 1. The third-order valence-corrected chi connectivity index (χ3v) is 5.40. The molecule has 0 spiro atoms. The number of carbonyl (C=O) groups excluding carboxylic acids is 4. The van der Waals surface area contributed by atoms with Gasteiger partial charge in [0.15, 0.2) is 11.5 Å². The number of anilines is 1. The van der Waals surface area contributed by atoms with Gasteiger partial charge in [0, 0.05) is 0 Å². The lowest BCUT2D eigenvalue weighted by atomic mass is 10.1. The Labute approximate surface area is 208 Å². The van der Waals surface area contributed by atoms with Gasteiger partial charge in [0.05, 0.1) is 17.9 Å². The predicted octanol–water partition coefficient (Wildman–Crippen LogP) is 4.59. The van der Waals surface area contributed by atoms with E-state index in [2.05, 4.69) is 5.32 Å². The van der Waals surface area contributed by atoms with Crippen LogP contribution in [0.25, 0.3) is 6.08 Å². The molecule has 1 heterocycles. The quantitative estimate of drug-likeness (QED) is 0.238. The summed E-state index contributed by atoms with van der Waals surface area (Å²) in [7, 11) is 0. The SMILES string of the molecule is CCOc1cc(/C=C2\C(=O)NC(=O)N(c3cccc(C)c3)C2=O)ccc1OC(=O)c1cccc(C)c1. The fraction of sp³-hybridized carbons (Fsp3) is 0.143. The molecule has 1 saturated heterocycles. The summed E-state index contributed by atoms with van der Waals surface area (Å²) in [6.45, 7) is 5.78. The minimum atomic E-state index is -0.818. The molecular formula is C28H24N2O6. The molecular weight excluding hydrogens is 460 g/mol. The Balaban J connectivity index is 1.65. The number of aryl methyl sites for hydroxylation is 2. The van der Waals surface area contributed by atoms with E-state index in [1.807, 2.05) is 26.0 Å². The Bertz CT molecular complexity index is 1410. The van der Waals surface area contributed by atoms with Gasteiger partial charge in [-0.1, -0.05) is 35.9 Å². The second-order valence-electron chi connectivity index (χ2n) is 8.20. The van der Waals surface area contributed by atoms with Crippen LogP contribution in [-0.2, 0) is 9.59 Å². The van der Waals surface area contributed by atoms with Crippen molar-refractivity contribution in [3.63, 3.8) is 0 Å². The number of imide groups is 2. The second kappa shape index (κ2) is 10.3. The van der Waals surface area contributed by atoms with Gasteiger partial charge in [0.1, 0.15) is 5.57 Å². The van der Waals surface area contributed by atoms with Gasteiger partial charge in [0.25, 0.3) is 11.8 Å². The Hall–Kier alpha value is -4.72. The summed E-state index contributed by atoms with van der Waals surface area (Å²) in [4.78, 5) is 51.6. The summed E-state index contributed by atoms with van der Waals surface area (Å²) >= 11 is 0. The lowest BCUT2D eigenvalue weighted by molar-refractivity contribution is -0.122. The zero-order valence-corrected chi connectivity index (χ0v) is 20.0. The molecule has 0 radical (unpaired) electrons. The number of hydrogen-bond donors (Lipinski definition) is 1. The first kappa shape index (κ1) is 24.4.